The molecule has 1 N–H and O–H groups in total. The summed E-state index contributed by atoms with van der Waals surface area (Å²) in [6.07, 6.45) is 7.23. The number of nitrogens with zero attached hydrogens (tertiary/aromatic N) is 2. The van der Waals surface area contributed by atoms with E-state index in [9.17, 15) is 27.8 Å². The molecule has 0 radical (unpaired) electrons. The van der Waals surface area contributed by atoms with Crippen molar-refractivity contribution in [1.29, 1.82) is 0 Å². The molecule has 2 heterocycles. The number of imidazole rings is 1. The molecule has 4 aromatic rings. The van der Waals surface area contributed by atoms with Gasteiger partial charge in [0.2, 0.25) is 0 Å². The smallest absolute Gasteiger partial charge is 0.310 e. The first-order chi connectivity index (χ1) is 17.6. The molecule has 0 saturated heterocycles. The van der Waals surface area contributed by atoms with Crippen LogP contribution in [0.3, 0.4) is 0 Å². The molecule has 0 bridgehead atoms. The fourth-order valence-corrected chi connectivity index (χ4v) is 7.40. The van der Waals surface area contributed by atoms with Crippen LogP contribution in [0.25, 0.3) is 16.8 Å². The number of nitrogens with one attached hydrogen (secondary N) is 1. The predicted molar refractivity (Wildman–Crippen MR) is 140 cm³/mol. The van der Waals surface area contributed by atoms with Crippen LogP contribution in [-0.4, -0.2) is 29.1 Å². The Balaban J connectivity index is 1.23. The number of benzene rings is 2. The largest absolute Gasteiger partial charge is 0.382 e. The van der Waals surface area contributed by atoms with Gasteiger partial charge in [0.25, 0.3) is 0 Å². The third-order valence-electron chi connectivity index (χ3n) is 6.97. The van der Waals surface area contributed by atoms with Crippen molar-refractivity contribution in [1.82, 2.24) is 9.38 Å². The van der Waals surface area contributed by atoms with E-state index in [0.29, 0.717) is 37.8 Å². The van der Waals surface area contributed by atoms with E-state index < -0.39 is 30.2 Å². The van der Waals surface area contributed by atoms with Gasteiger partial charge in [-0.2, -0.15) is 0 Å². The van der Waals surface area contributed by atoms with Crippen molar-refractivity contribution in [3.63, 3.8) is 0 Å². The highest BCUT2D eigenvalue weighted by Gasteiger charge is 2.65. The summed E-state index contributed by atoms with van der Waals surface area (Å²) in [5.74, 6) is 0. The van der Waals surface area contributed by atoms with Crippen molar-refractivity contribution in [3.8, 4) is 11.1 Å². The average molecular weight is 572 g/mol. The summed E-state index contributed by atoms with van der Waals surface area (Å²) in [7, 11) is -13.3. The van der Waals surface area contributed by atoms with E-state index in [2.05, 4.69) is 10.3 Å². The second kappa shape index (κ2) is 8.44. The molecule has 0 unspecified atom stereocenters. The Bertz CT molecular complexity index is 1600. The lowest BCUT2D eigenvalue weighted by Crippen LogP contribution is -2.32. The first-order valence-electron chi connectivity index (χ1n) is 12.0. The Morgan fingerprint density at radius 3 is 2.13 bits per heavy atom. The van der Waals surface area contributed by atoms with Crippen LogP contribution < -0.4 is 5.32 Å². The molecule has 12 heteroatoms. The molecule has 1 aliphatic carbocycles. The van der Waals surface area contributed by atoms with Crippen LogP contribution in [0, 0.1) is 6.92 Å². The molecule has 204 valence electrons. The van der Waals surface area contributed by atoms with Gasteiger partial charge >= 0.3 is 10.2 Å². The quantitative estimate of drug-likeness (QED) is 0.237. The zero-order valence-corrected chi connectivity index (χ0v) is 22.0. The van der Waals surface area contributed by atoms with Gasteiger partial charge in [-0.25, -0.2) is 13.4 Å². The van der Waals surface area contributed by atoms with E-state index >= 15 is 0 Å². The number of sulfone groups is 1. The Morgan fingerprint density at radius 2 is 1.53 bits per heavy atom. The summed E-state index contributed by atoms with van der Waals surface area (Å²) in [5.41, 5.74) is 3.97. The first-order valence-corrected chi connectivity index (χ1v) is 15.5. The number of fused-ring (bicyclic) bond motifs is 1. The van der Waals surface area contributed by atoms with Gasteiger partial charge in [-0.3, -0.25) is 0 Å². The summed E-state index contributed by atoms with van der Waals surface area (Å²) in [4.78, 5) is 2.61. The van der Waals surface area contributed by atoms with E-state index in [1.807, 2.05) is 29.8 Å². The molecule has 1 saturated carbocycles. The van der Waals surface area contributed by atoms with Gasteiger partial charge in [0.15, 0.2) is 9.84 Å². The van der Waals surface area contributed by atoms with Crippen molar-refractivity contribution in [2.24, 2.45) is 0 Å². The average Bonchev–Trinajstić information content (AvgIpc) is 3.33. The van der Waals surface area contributed by atoms with Crippen LogP contribution in [0.1, 0.15) is 31.2 Å². The third kappa shape index (κ3) is 5.37. The Labute approximate surface area is 217 Å². The van der Waals surface area contributed by atoms with Crippen LogP contribution >= 0.6 is 10.2 Å². The lowest BCUT2D eigenvalue weighted by molar-refractivity contribution is 0.364. The van der Waals surface area contributed by atoms with E-state index in [-0.39, 0.29) is 16.6 Å². The maximum absolute atomic E-state index is 13.3. The lowest BCUT2D eigenvalue weighted by Gasteiger charge is -2.40. The molecule has 1 fully saturated rings. The predicted octanol–water partition coefficient (Wildman–Crippen LogP) is 8.16. The van der Waals surface area contributed by atoms with Crippen LogP contribution in [0.15, 0.2) is 83.0 Å². The maximum Gasteiger partial charge on any atom is 0.310 e. The number of hydrogen-bond acceptors (Lipinski definition) is 4. The van der Waals surface area contributed by atoms with E-state index in [0.717, 1.165) is 34.5 Å². The Hall–Kier alpha value is -3.12. The Kier molecular flexibility index (Phi) is 5.88. The molecule has 2 aromatic carbocycles. The third-order valence-corrected chi connectivity index (χ3v) is 10.4. The minimum atomic E-state index is -9.71. The molecular weight excluding hydrogens is 545 g/mol. The van der Waals surface area contributed by atoms with Crippen LogP contribution in [0.5, 0.6) is 0 Å². The van der Waals surface area contributed by atoms with Crippen molar-refractivity contribution < 1.29 is 27.8 Å². The van der Waals surface area contributed by atoms with E-state index in [1.54, 1.807) is 30.5 Å². The van der Waals surface area contributed by atoms with Crippen molar-refractivity contribution >= 4 is 31.4 Å². The normalized spacial score (nSPS) is 20.6. The topological polar surface area (TPSA) is 63.5 Å². The summed E-state index contributed by atoms with van der Waals surface area (Å²) >= 11 is 0. The van der Waals surface area contributed by atoms with E-state index in [4.69, 9.17) is 0 Å². The number of pyridine rings is 1. The van der Waals surface area contributed by atoms with Crippen molar-refractivity contribution in [3.05, 3.63) is 78.8 Å². The molecule has 5 rings (SSSR count). The number of hydrogen-bond donors (Lipinski definition) is 1. The zero-order chi connectivity index (χ0) is 27.4. The molecule has 5 nitrogen and oxygen atoms in total. The summed E-state index contributed by atoms with van der Waals surface area (Å²) in [5, 5.41) is 2.46. The standard InChI is InChI=1S/C26H26F5N3O2S2/c1-18-16-20(17-34-15-14-32-26(18)34)19-2-8-23(9-3-19)37(35,36)24-10-4-21(5-11-24)33-22-6-12-25(13-7-22)38(27,28,29,30)31/h2-3,6-9,12-17,21,24,33H,4-5,10-11H2,1H3. The van der Waals surface area contributed by atoms with Crippen LogP contribution in [0.4, 0.5) is 25.1 Å². The number of aromatic nitrogens is 2. The van der Waals surface area contributed by atoms with Gasteiger partial charge < -0.3 is 9.72 Å². The zero-order valence-electron chi connectivity index (χ0n) is 20.3. The van der Waals surface area contributed by atoms with Crippen LogP contribution in [0.2, 0.25) is 0 Å². The molecule has 0 spiro atoms. The highest BCUT2D eigenvalue weighted by Crippen LogP contribution is 3.02. The Morgan fingerprint density at radius 1 is 0.895 bits per heavy atom. The van der Waals surface area contributed by atoms with Gasteiger partial charge in [-0.15, -0.1) is 0 Å². The molecule has 38 heavy (non-hydrogen) atoms. The fourth-order valence-electron chi connectivity index (χ4n) is 4.96. The molecule has 0 atom stereocenters. The molecule has 0 aliphatic heterocycles. The van der Waals surface area contributed by atoms with Gasteiger partial charge in [0, 0.05) is 30.3 Å². The van der Waals surface area contributed by atoms with Gasteiger partial charge in [0.1, 0.15) is 10.5 Å². The highest BCUT2D eigenvalue weighted by atomic mass is 32.5. The van der Waals surface area contributed by atoms with Gasteiger partial charge in [-0.1, -0.05) is 31.6 Å². The van der Waals surface area contributed by atoms with Crippen LogP contribution in [-0.2, 0) is 9.84 Å². The summed E-state index contributed by atoms with van der Waals surface area (Å²) in [6, 6.07) is 11.3. The number of anilines is 1. The lowest BCUT2D eigenvalue weighted by atomic mass is 9.95. The minimum Gasteiger partial charge on any atom is -0.382 e. The maximum atomic E-state index is 13.3. The molecule has 1 aliphatic rings. The monoisotopic (exact) mass is 571 g/mol. The first kappa shape index (κ1) is 26.5. The van der Waals surface area contributed by atoms with Crippen molar-refractivity contribution in [2.75, 3.05) is 5.32 Å². The van der Waals surface area contributed by atoms with Gasteiger partial charge in [0.05, 0.1) is 10.1 Å². The second-order valence-corrected chi connectivity index (χ2v) is 14.4. The van der Waals surface area contributed by atoms with E-state index in [1.165, 1.54) is 0 Å². The number of rotatable bonds is 6. The highest BCUT2D eigenvalue weighted by molar-refractivity contribution is 8.45. The number of halogens is 5. The summed E-state index contributed by atoms with van der Waals surface area (Å²) < 4.78 is 93.1. The summed E-state index contributed by atoms with van der Waals surface area (Å²) in [6.45, 7) is 1.97. The minimum absolute atomic E-state index is 0.170. The number of aryl methyl sites for hydroxylation is 1. The SMILES string of the molecule is Cc1cc(-c2ccc(S(=O)(=O)C3CCC(Nc4ccc(S(F)(F)(F)(F)F)cc4)CC3)cc2)cn2ccnc12. The molecular formula is C26H26F5N3O2S2. The molecule has 2 aromatic heterocycles. The second-order valence-electron chi connectivity index (χ2n) is 9.75. The van der Waals surface area contributed by atoms with Crippen molar-refractivity contribution in [2.45, 2.75) is 53.7 Å². The fraction of sp³-hybridized carbons (Fsp3) is 0.269. The molecule has 0 amide bonds. The van der Waals surface area contributed by atoms with Gasteiger partial charge in [-0.05, 0) is 91.8 Å².